The van der Waals surface area contributed by atoms with Crippen LogP contribution in [0.15, 0.2) is 137 Å². The number of aliphatic hydroxyl groups excluding tert-OH is 4. The molecule has 5 aliphatic rings. The molecule has 10 N–H and O–H groups in total. The number of rotatable bonds is 7. The lowest BCUT2D eigenvalue weighted by Gasteiger charge is -2.57. The van der Waals surface area contributed by atoms with E-state index in [-0.39, 0.29) is 42.9 Å². The number of benzene rings is 3. The summed E-state index contributed by atoms with van der Waals surface area (Å²) in [7, 11) is 0. The summed E-state index contributed by atoms with van der Waals surface area (Å²) in [5.74, 6) is -1.21. The molecule has 2 bridgehead atoms. The molecule has 2 spiro atoms. The number of carbonyl (C=O) groups excluding carboxylic acids is 2. The van der Waals surface area contributed by atoms with Gasteiger partial charge in [-0.25, -0.2) is 0 Å². The molecular weight excluding hydrogens is 891 g/mol. The van der Waals surface area contributed by atoms with Gasteiger partial charge in [0.15, 0.2) is 5.78 Å². The molecule has 0 saturated heterocycles. The number of nitrogens with one attached hydrogen (secondary N) is 2. The summed E-state index contributed by atoms with van der Waals surface area (Å²) in [6.07, 6.45) is 11.7. The summed E-state index contributed by atoms with van der Waals surface area (Å²) in [6.45, 7) is 11.8. The number of aromatic hydroxyl groups is 1. The van der Waals surface area contributed by atoms with Crippen LogP contribution in [-0.2, 0) is 35.3 Å². The minimum absolute atomic E-state index is 0.0442. The number of nitrogens with two attached hydrogens (primary N) is 1. The molecule has 2 fully saturated rings. The van der Waals surface area contributed by atoms with Gasteiger partial charge in [0.2, 0.25) is 5.91 Å². The van der Waals surface area contributed by atoms with Gasteiger partial charge in [0.25, 0.3) is 0 Å². The van der Waals surface area contributed by atoms with Crippen LogP contribution in [-0.4, -0.2) is 79.4 Å². The van der Waals surface area contributed by atoms with Crippen molar-refractivity contribution in [3.05, 3.63) is 171 Å². The van der Waals surface area contributed by atoms with E-state index in [9.17, 15) is 35.4 Å². The Balaban J connectivity index is 1.19. The minimum atomic E-state index is -1.38. The number of β-amino-alcohol motifs (C(OH)–C–C–N with tert-alkyl or cyclic N) is 1. The van der Waals surface area contributed by atoms with Gasteiger partial charge in [0.1, 0.15) is 18.0 Å². The molecule has 378 valence electrons. The third-order valence-corrected chi connectivity index (χ3v) is 16.8. The fourth-order valence-corrected chi connectivity index (χ4v) is 12.9. The highest BCUT2D eigenvalue weighted by Crippen LogP contribution is 2.67. The van der Waals surface area contributed by atoms with Crippen molar-refractivity contribution in [2.24, 2.45) is 28.4 Å². The molecule has 3 aromatic rings. The second kappa shape index (κ2) is 21.5. The van der Waals surface area contributed by atoms with E-state index in [4.69, 9.17) is 5.73 Å². The number of hydrogen-bond acceptors (Lipinski definition) is 10. The quantitative estimate of drug-likeness (QED) is 0.106. The van der Waals surface area contributed by atoms with Crippen LogP contribution in [0, 0.1) is 22.7 Å². The van der Waals surface area contributed by atoms with Gasteiger partial charge in [-0.1, -0.05) is 108 Å². The fraction of sp³-hybridized carbons (Fsp3) is 0.467. The molecule has 10 atom stereocenters. The Labute approximate surface area is 419 Å². The molecule has 2 aliphatic heterocycles. The monoisotopic (exact) mass is 966 g/mol. The summed E-state index contributed by atoms with van der Waals surface area (Å²) in [5, 5.41) is 77.4. The summed E-state index contributed by atoms with van der Waals surface area (Å²) >= 11 is 0. The van der Waals surface area contributed by atoms with Crippen molar-refractivity contribution in [2.45, 2.75) is 141 Å². The average Bonchev–Trinajstić information content (AvgIpc) is 3.62. The summed E-state index contributed by atoms with van der Waals surface area (Å²) in [6, 6.07) is 19.6. The molecule has 8 rings (SSSR count). The first kappa shape index (κ1) is 52.1. The van der Waals surface area contributed by atoms with Crippen molar-refractivity contribution in [3.8, 4) is 5.75 Å². The van der Waals surface area contributed by atoms with Gasteiger partial charge in [-0.15, -0.1) is 0 Å². The predicted molar refractivity (Wildman–Crippen MR) is 278 cm³/mol. The predicted octanol–water partition coefficient (Wildman–Crippen LogP) is 7.70. The van der Waals surface area contributed by atoms with Crippen LogP contribution in [0.1, 0.15) is 125 Å². The van der Waals surface area contributed by atoms with E-state index in [1.807, 2.05) is 86.7 Å². The second-order valence-corrected chi connectivity index (χ2v) is 21.7. The zero-order valence-corrected chi connectivity index (χ0v) is 42.0. The first-order chi connectivity index (χ1) is 33.8. The van der Waals surface area contributed by atoms with Crippen LogP contribution in [0.25, 0.3) is 0 Å². The Morgan fingerprint density at radius 2 is 1.69 bits per heavy atom. The molecule has 1 amide bonds. The molecule has 11 heteroatoms. The number of ketones is 1. The first-order valence-electron chi connectivity index (χ1n) is 25.7. The number of phenolic OH excluding ortho intramolecular Hbond substituents is 1. The van der Waals surface area contributed by atoms with Crippen molar-refractivity contribution in [3.63, 3.8) is 0 Å². The molecule has 2 saturated carbocycles. The van der Waals surface area contributed by atoms with Crippen LogP contribution in [0.3, 0.4) is 0 Å². The standard InChI is InChI=1S/C60H75N3O8/c1-36(2)9-6-10-37(3)27-42-21-24-59(45(31-42)35-64)25-26-60(57(59)70)50-20-19-47(66)32-41-12-7-11-40(28-41)30-44(29-39-15-17-46(65)18-16-39)52(68)34-62-54-53-43(13-8-14-49(53)55(61)63-56(54)69)33-51(67)38(4)48(50)22-23-58(60,5)71/h7-9,11-18,21,24,27-28,31,44,47,50,52,54-55,57,62,64-66,68,70-71H,3,6,10,19-20,22-23,25-26,29-30,32-35,61H2,1-2,4-5H3,(H,63,69)/b42-27+,48-38+/t44-,47+,50-,52+,54-,55-,57-,58-,59-,60-/m1/s1. The topological polar surface area (TPSA) is 206 Å². The van der Waals surface area contributed by atoms with E-state index in [2.05, 4.69) is 43.2 Å². The first-order valence-corrected chi connectivity index (χ1v) is 25.7. The van der Waals surface area contributed by atoms with E-state index in [0.29, 0.717) is 85.6 Å². The van der Waals surface area contributed by atoms with Gasteiger partial charge in [-0.05, 0) is 172 Å². The van der Waals surface area contributed by atoms with Crippen molar-refractivity contribution in [2.75, 3.05) is 13.2 Å². The van der Waals surface area contributed by atoms with Crippen LogP contribution in [0.5, 0.6) is 5.75 Å². The Morgan fingerprint density at radius 1 is 0.958 bits per heavy atom. The fourth-order valence-electron chi connectivity index (χ4n) is 12.9. The smallest absolute Gasteiger partial charge is 0.243 e. The van der Waals surface area contributed by atoms with Gasteiger partial charge >= 0.3 is 0 Å². The van der Waals surface area contributed by atoms with Crippen LogP contribution < -0.4 is 16.4 Å². The number of carbonyl (C=O) groups is 2. The number of amides is 1. The number of aliphatic hydroxyl groups is 5. The molecule has 0 unspecified atom stereocenters. The van der Waals surface area contributed by atoms with Crippen molar-refractivity contribution >= 4 is 11.7 Å². The maximum atomic E-state index is 15.0. The normalized spacial score (nSPS) is 33.0. The molecular formula is C60H75N3O8. The van der Waals surface area contributed by atoms with E-state index >= 15 is 4.79 Å². The van der Waals surface area contributed by atoms with Crippen molar-refractivity contribution in [1.29, 1.82) is 0 Å². The molecule has 2 heterocycles. The van der Waals surface area contributed by atoms with Crippen LogP contribution in [0.2, 0.25) is 0 Å². The van der Waals surface area contributed by atoms with Gasteiger partial charge < -0.3 is 41.7 Å². The third-order valence-electron chi connectivity index (χ3n) is 16.8. The SMILES string of the molecule is C=C(/C=C1\C=C[C@@]2(CC[C@@]3([C@@H]4CC[C@H](O)Cc5cccc(c5)C[C@@H](Cc5ccc(O)cc5)[C@@H](O)CN[C@H]5C(=O)N[C@@H](N)c6cccc(c65)CC(=O)/C(C)=C/4CC[C@@]3(C)O)[C@@H]2O)C(CO)=C1)CCC=C(C)C. The highest BCUT2D eigenvalue weighted by molar-refractivity contribution is 5.98. The number of Topliss-reactive ketones (excluding diaryl/α,β-unsaturated/α-hetero) is 1. The largest absolute Gasteiger partial charge is 0.508 e. The van der Waals surface area contributed by atoms with Crippen molar-refractivity contribution in [1.82, 2.24) is 10.6 Å². The van der Waals surface area contributed by atoms with E-state index in [1.165, 1.54) is 5.57 Å². The van der Waals surface area contributed by atoms with Gasteiger partial charge in [-0.3, -0.25) is 14.9 Å². The van der Waals surface area contributed by atoms with E-state index in [1.54, 1.807) is 12.1 Å². The number of hydrogen-bond donors (Lipinski definition) is 9. The lowest BCUT2D eigenvalue weighted by atomic mass is 9.51. The highest BCUT2D eigenvalue weighted by atomic mass is 16.3. The lowest BCUT2D eigenvalue weighted by molar-refractivity contribution is -0.174. The van der Waals surface area contributed by atoms with Gasteiger partial charge in [0, 0.05) is 23.8 Å². The minimum Gasteiger partial charge on any atom is -0.508 e. The number of fused-ring (bicyclic) bond motifs is 4. The summed E-state index contributed by atoms with van der Waals surface area (Å²) in [4.78, 5) is 28.9. The van der Waals surface area contributed by atoms with Crippen LogP contribution in [0.4, 0.5) is 0 Å². The molecule has 0 radical (unpaired) electrons. The third kappa shape index (κ3) is 10.7. The zero-order valence-electron chi connectivity index (χ0n) is 42.0. The van der Waals surface area contributed by atoms with Crippen molar-refractivity contribution < 1.29 is 40.2 Å². The van der Waals surface area contributed by atoms with E-state index in [0.717, 1.165) is 46.3 Å². The Bertz CT molecular complexity index is 2660. The Hall–Kier alpha value is -5.24. The Morgan fingerprint density at radius 3 is 2.42 bits per heavy atom. The molecule has 3 aromatic carbocycles. The summed E-state index contributed by atoms with van der Waals surface area (Å²) in [5.41, 5.74) is 12.9. The lowest BCUT2D eigenvalue weighted by Crippen LogP contribution is -2.61. The summed E-state index contributed by atoms with van der Waals surface area (Å²) < 4.78 is 0. The number of phenols is 1. The molecule has 3 aliphatic carbocycles. The maximum absolute atomic E-state index is 15.0. The molecule has 11 nitrogen and oxygen atoms in total. The van der Waals surface area contributed by atoms with Gasteiger partial charge in [0.05, 0.1) is 30.5 Å². The molecule has 71 heavy (non-hydrogen) atoms. The zero-order chi connectivity index (χ0) is 50.8. The second-order valence-electron chi connectivity index (χ2n) is 21.7. The highest BCUT2D eigenvalue weighted by Gasteiger charge is 2.68. The number of allylic oxidation sites excluding steroid dienone is 9. The Kier molecular flexibility index (Phi) is 15.7. The van der Waals surface area contributed by atoms with Gasteiger partial charge in [-0.2, -0.15) is 0 Å². The van der Waals surface area contributed by atoms with Crippen LogP contribution >= 0.6 is 0 Å². The van der Waals surface area contributed by atoms with E-state index < -0.39 is 52.9 Å². The average molecular weight is 966 g/mol. The maximum Gasteiger partial charge on any atom is 0.243 e. The molecule has 0 aromatic heterocycles.